The lowest BCUT2D eigenvalue weighted by Crippen LogP contribution is -2.23. The smallest absolute Gasteiger partial charge is 0.0615 e. The minimum Gasteiger partial charge on any atom is -0.398 e. The molecule has 1 heterocycles. The van der Waals surface area contributed by atoms with Gasteiger partial charge in [-0.3, -0.25) is 4.98 Å². The summed E-state index contributed by atoms with van der Waals surface area (Å²) in [7, 11) is 0. The van der Waals surface area contributed by atoms with E-state index in [1.165, 1.54) is 11.1 Å². The second-order valence-electron chi connectivity index (χ2n) is 4.50. The third-order valence-electron chi connectivity index (χ3n) is 3.15. The molecule has 1 unspecified atom stereocenters. The van der Waals surface area contributed by atoms with Crippen molar-refractivity contribution in [2.24, 2.45) is 0 Å². The normalized spacial score (nSPS) is 12.4. The third-order valence-corrected chi connectivity index (χ3v) is 3.64. The molecule has 0 amide bonds. The Bertz CT molecular complexity index is 569. The molecule has 2 aromatic rings. The van der Waals surface area contributed by atoms with Crippen LogP contribution in [0.4, 0.5) is 5.69 Å². The van der Waals surface area contributed by atoms with Crippen molar-refractivity contribution in [3.8, 4) is 0 Å². The van der Waals surface area contributed by atoms with Gasteiger partial charge < -0.3 is 11.1 Å². The molecule has 1 atom stereocenters. The van der Waals surface area contributed by atoms with E-state index in [1.807, 2.05) is 12.3 Å². The summed E-state index contributed by atoms with van der Waals surface area (Å²) < 4.78 is 1.09. The third kappa shape index (κ3) is 3.14. The van der Waals surface area contributed by atoms with E-state index >= 15 is 0 Å². The Balaban J connectivity index is 2.48. The maximum absolute atomic E-state index is 6.08. The van der Waals surface area contributed by atoms with Gasteiger partial charge in [0.15, 0.2) is 0 Å². The maximum atomic E-state index is 6.08. The lowest BCUT2D eigenvalue weighted by Gasteiger charge is -2.22. The molecular weight excluding hydrogens is 302 g/mol. The zero-order valence-corrected chi connectivity index (χ0v) is 12.7. The first-order valence-electron chi connectivity index (χ1n) is 6.32. The zero-order chi connectivity index (χ0) is 13.8. The predicted octanol–water partition coefficient (Wildman–Crippen LogP) is 3.43. The van der Waals surface area contributed by atoms with Crippen LogP contribution in [0.25, 0.3) is 0 Å². The number of nitrogens with one attached hydrogen (secondary N) is 1. The Labute approximate surface area is 122 Å². The van der Waals surface area contributed by atoms with Crippen molar-refractivity contribution in [2.75, 3.05) is 12.3 Å². The quantitative estimate of drug-likeness (QED) is 0.907. The van der Waals surface area contributed by atoms with E-state index in [-0.39, 0.29) is 6.04 Å². The van der Waals surface area contributed by atoms with E-state index in [2.05, 4.69) is 58.3 Å². The summed E-state index contributed by atoms with van der Waals surface area (Å²) in [6, 6.07) is 8.21. The number of aromatic nitrogens is 1. The zero-order valence-electron chi connectivity index (χ0n) is 11.2. The molecule has 3 nitrogen and oxygen atoms in total. The molecule has 0 aliphatic rings. The molecule has 0 fully saturated rings. The maximum Gasteiger partial charge on any atom is 0.0615 e. The van der Waals surface area contributed by atoms with Gasteiger partial charge in [-0.25, -0.2) is 0 Å². The van der Waals surface area contributed by atoms with Gasteiger partial charge in [-0.1, -0.05) is 28.9 Å². The molecule has 19 heavy (non-hydrogen) atoms. The highest BCUT2D eigenvalue weighted by Gasteiger charge is 2.17. The predicted molar refractivity (Wildman–Crippen MR) is 83.0 cm³/mol. The Morgan fingerprint density at radius 2 is 2.11 bits per heavy atom. The second kappa shape index (κ2) is 6.17. The molecular formula is C15H18BrN3. The summed E-state index contributed by atoms with van der Waals surface area (Å²) in [6.45, 7) is 5.07. The van der Waals surface area contributed by atoms with Crippen LogP contribution in [0.15, 0.2) is 41.1 Å². The first kappa shape index (κ1) is 14.0. The number of halogens is 1. The van der Waals surface area contributed by atoms with Crippen LogP contribution in [0.2, 0.25) is 0 Å². The minimum atomic E-state index is 0.0757. The van der Waals surface area contributed by atoms with Crippen LogP contribution >= 0.6 is 15.9 Å². The molecule has 0 radical (unpaired) electrons. The number of nitrogens with zero attached hydrogens (tertiary/aromatic N) is 1. The van der Waals surface area contributed by atoms with Crippen LogP contribution in [-0.2, 0) is 0 Å². The molecule has 0 aliphatic heterocycles. The summed E-state index contributed by atoms with van der Waals surface area (Å²) in [6.07, 6.45) is 3.56. The number of rotatable bonds is 4. The monoisotopic (exact) mass is 319 g/mol. The van der Waals surface area contributed by atoms with Crippen LogP contribution in [0.5, 0.6) is 0 Å². The van der Waals surface area contributed by atoms with Crippen LogP contribution in [0, 0.1) is 6.92 Å². The van der Waals surface area contributed by atoms with Crippen molar-refractivity contribution in [1.29, 1.82) is 0 Å². The fourth-order valence-corrected chi connectivity index (χ4v) is 2.69. The molecule has 0 spiro atoms. The number of anilines is 1. The van der Waals surface area contributed by atoms with Crippen molar-refractivity contribution in [3.63, 3.8) is 0 Å². The number of pyridine rings is 1. The standard InChI is InChI=1S/C15H18BrN3/c1-3-19-15(13-9-18-7-6-14(13)17)12-5-4-11(16)8-10(12)2/h4-9,15,19H,3H2,1-2H3,(H2,17,18). The topological polar surface area (TPSA) is 50.9 Å². The number of nitrogens with two attached hydrogens (primary N) is 1. The van der Waals surface area contributed by atoms with Gasteiger partial charge >= 0.3 is 0 Å². The highest BCUT2D eigenvalue weighted by atomic mass is 79.9. The number of aryl methyl sites for hydroxylation is 1. The molecule has 0 aliphatic carbocycles. The number of benzene rings is 1. The van der Waals surface area contributed by atoms with Gasteiger partial charge in [0.25, 0.3) is 0 Å². The van der Waals surface area contributed by atoms with Crippen molar-refractivity contribution in [1.82, 2.24) is 10.3 Å². The van der Waals surface area contributed by atoms with E-state index in [4.69, 9.17) is 5.73 Å². The van der Waals surface area contributed by atoms with Crippen LogP contribution in [-0.4, -0.2) is 11.5 Å². The molecule has 3 N–H and O–H groups in total. The van der Waals surface area contributed by atoms with Crippen molar-refractivity contribution in [2.45, 2.75) is 19.9 Å². The molecule has 4 heteroatoms. The SMILES string of the molecule is CCNC(c1ccc(Br)cc1C)c1cnccc1N. The Morgan fingerprint density at radius 1 is 1.32 bits per heavy atom. The number of hydrogen-bond donors (Lipinski definition) is 2. The highest BCUT2D eigenvalue weighted by molar-refractivity contribution is 9.10. The van der Waals surface area contributed by atoms with Crippen molar-refractivity contribution >= 4 is 21.6 Å². The molecule has 100 valence electrons. The van der Waals surface area contributed by atoms with Gasteiger partial charge in [0.1, 0.15) is 0 Å². The lowest BCUT2D eigenvalue weighted by atomic mass is 9.95. The summed E-state index contributed by atoms with van der Waals surface area (Å²) in [5, 5.41) is 3.48. The van der Waals surface area contributed by atoms with E-state index in [0.29, 0.717) is 0 Å². The average Bonchev–Trinajstić information content (AvgIpc) is 2.38. The highest BCUT2D eigenvalue weighted by Crippen LogP contribution is 2.29. The van der Waals surface area contributed by atoms with Gasteiger partial charge in [0.05, 0.1) is 6.04 Å². The molecule has 0 bridgehead atoms. The Kier molecular flexibility index (Phi) is 4.56. The van der Waals surface area contributed by atoms with Gasteiger partial charge in [-0.15, -0.1) is 0 Å². The lowest BCUT2D eigenvalue weighted by molar-refractivity contribution is 0.627. The van der Waals surface area contributed by atoms with Crippen molar-refractivity contribution in [3.05, 3.63) is 57.8 Å². The van der Waals surface area contributed by atoms with Gasteiger partial charge in [-0.05, 0) is 42.8 Å². The summed E-state index contributed by atoms with van der Waals surface area (Å²) in [4.78, 5) is 4.19. The summed E-state index contributed by atoms with van der Waals surface area (Å²) in [5.74, 6) is 0. The largest absolute Gasteiger partial charge is 0.398 e. The molecule has 2 rings (SSSR count). The van der Waals surface area contributed by atoms with Gasteiger partial charge in [0, 0.05) is 28.1 Å². The van der Waals surface area contributed by atoms with Crippen LogP contribution in [0.3, 0.4) is 0 Å². The Morgan fingerprint density at radius 3 is 2.74 bits per heavy atom. The van der Waals surface area contributed by atoms with Crippen LogP contribution < -0.4 is 11.1 Å². The fraction of sp³-hybridized carbons (Fsp3) is 0.267. The Hall–Kier alpha value is -1.39. The van der Waals surface area contributed by atoms with Gasteiger partial charge in [0.2, 0.25) is 0 Å². The number of nitrogen functional groups attached to an aromatic ring is 1. The van der Waals surface area contributed by atoms with E-state index in [0.717, 1.165) is 22.3 Å². The van der Waals surface area contributed by atoms with Gasteiger partial charge in [-0.2, -0.15) is 0 Å². The molecule has 1 aromatic carbocycles. The molecule has 0 saturated heterocycles. The van der Waals surface area contributed by atoms with Crippen molar-refractivity contribution < 1.29 is 0 Å². The number of hydrogen-bond acceptors (Lipinski definition) is 3. The summed E-state index contributed by atoms with van der Waals surface area (Å²) in [5.41, 5.74) is 10.3. The van der Waals surface area contributed by atoms with E-state index < -0.39 is 0 Å². The average molecular weight is 320 g/mol. The molecule has 1 aromatic heterocycles. The minimum absolute atomic E-state index is 0.0757. The molecule has 0 saturated carbocycles. The first-order chi connectivity index (χ1) is 9.13. The van der Waals surface area contributed by atoms with E-state index in [1.54, 1.807) is 6.20 Å². The van der Waals surface area contributed by atoms with Crippen LogP contribution in [0.1, 0.15) is 29.7 Å². The van der Waals surface area contributed by atoms with E-state index in [9.17, 15) is 0 Å². The summed E-state index contributed by atoms with van der Waals surface area (Å²) >= 11 is 3.50. The second-order valence-corrected chi connectivity index (χ2v) is 5.41. The fourth-order valence-electron chi connectivity index (χ4n) is 2.21. The first-order valence-corrected chi connectivity index (χ1v) is 7.11.